The van der Waals surface area contributed by atoms with E-state index in [1.807, 2.05) is 6.07 Å². The summed E-state index contributed by atoms with van der Waals surface area (Å²) in [5.74, 6) is 0.478. The number of hydrogen-bond acceptors (Lipinski definition) is 2. The second-order valence-electron chi connectivity index (χ2n) is 3.92. The molecule has 0 aliphatic carbocycles. The molecule has 0 spiro atoms. The molecule has 0 unspecified atom stereocenters. The molecule has 0 aromatic heterocycles. The normalized spacial score (nSPS) is 15.8. The van der Waals surface area contributed by atoms with Crippen molar-refractivity contribution in [3.8, 4) is 5.75 Å². The van der Waals surface area contributed by atoms with Gasteiger partial charge in [-0.15, -0.1) is 0 Å². The fourth-order valence-electron chi connectivity index (χ4n) is 2.12. The molecule has 2 rings (SSSR count). The molecule has 0 radical (unpaired) electrons. The lowest BCUT2D eigenvalue weighted by Crippen LogP contribution is -2.18. The smallest absolute Gasteiger partial charge is 0.147 e. The maximum atomic E-state index is 13.3. The molecular weight excluding hydrogens is 193 g/mol. The third-order valence-electron chi connectivity index (χ3n) is 2.97. The highest BCUT2D eigenvalue weighted by Gasteiger charge is 2.18. The minimum Gasteiger partial charge on any atom is -0.494 e. The Morgan fingerprint density at radius 3 is 2.53 bits per heavy atom. The van der Waals surface area contributed by atoms with Crippen LogP contribution >= 0.6 is 0 Å². The highest BCUT2D eigenvalue weighted by molar-refractivity contribution is 5.62. The minimum absolute atomic E-state index is 0.199. The number of nitrogens with zero attached hydrogens (tertiary/aromatic N) is 1. The zero-order chi connectivity index (χ0) is 10.8. The number of anilines is 1. The van der Waals surface area contributed by atoms with Crippen LogP contribution in [0.15, 0.2) is 12.1 Å². The zero-order valence-electron chi connectivity index (χ0n) is 9.22. The van der Waals surface area contributed by atoms with Crippen molar-refractivity contribution >= 4 is 5.69 Å². The van der Waals surface area contributed by atoms with Crippen molar-refractivity contribution in [2.75, 3.05) is 25.1 Å². The molecule has 0 N–H and O–H groups in total. The second kappa shape index (κ2) is 4.09. The van der Waals surface area contributed by atoms with Gasteiger partial charge in [0, 0.05) is 18.7 Å². The fraction of sp³-hybridized carbons (Fsp3) is 0.500. The van der Waals surface area contributed by atoms with E-state index in [2.05, 4.69) is 4.90 Å². The SMILES string of the molecule is COc1c(N2CCCC2)ccc(F)c1C. The number of rotatable bonds is 2. The first-order valence-electron chi connectivity index (χ1n) is 5.32. The monoisotopic (exact) mass is 209 g/mol. The summed E-state index contributed by atoms with van der Waals surface area (Å²) in [5, 5.41) is 0. The van der Waals surface area contributed by atoms with Gasteiger partial charge in [-0.05, 0) is 31.9 Å². The van der Waals surface area contributed by atoms with Gasteiger partial charge in [-0.25, -0.2) is 4.39 Å². The molecule has 1 aliphatic rings. The van der Waals surface area contributed by atoms with Crippen molar-refractivity contribution in [3.63, 3.8) is 0 Å². The number of methoxy groups -OCH3 is 1. The molecule has 0 amide bonds. The van der Waals surface area contributed by atoms with Crippen molar-refractivity contribution in [1.29, 1.82) is 0 Å². The van der Waals surface area contributed by atoms with Crippen LogP contribution in [0.3, 0.4) is 0 Å². The lowest BCUT2D eigenvalue weighted by atomic mass is 10.1. The fourth-order valence-corrected chi connectivity index (χ4v) is 2.12. The van der Waals surface area contributed by atoms with E-state index in [4.69, 9.17) is 4.74 Å². The molecule has 0 saturated carbocycles. The summed E-state index contributed by atoms with van der Waals surface area (Å²) in [6.45, 7) is 3.84. The van der Waals surface area contributed by atoms with Crippen LogP contribution < -0.4 is 9.64 Å². The van der Waals surface area contributed by atoms with Crippen LogP contribution in [0.4, 0.5) is 10.1 Å². The largest absolute Gasteiger partial charge is 0.494 e. The average Bonchev–Trinajstić information content (AvgIpc) is 2.75. The Morgan fingerprint density at radius 2 is 1.93 bits per heavy atom. The van der Waals surface area contributed by atoms with Gasteiger partial charge in [0.25, 0.3) is 0 Å². The van der Waals surface area contributed by atoms with Gasteiger partial charge in [-0.2, -0.15) is 0 Å². The quantitative estimate of drug-likeness (QED) is 0.742. The summed E-state index contributed by atoms with van der Waals surface area (Å²) in [4.78, 5) is 2.26. The molecule has 82 valence electrons. The predicted molar refractivity (Wildman–Crippen MR) is 59.1 cm³/mol. The van der Waals surface area contributed by atoms with E-state index in [-0.39, 0.29) is 5.82 Å². The maximum Gasteiger partial charge on any atom is 0.147 e. The summed E-state index contributed by atoms with van der Waals surface area (Å²) in [6.07, 6.45) is 2.42. The molecule has 1 aliphatic heterocycles. The maximum absolute atomic E-state index is 13.3. The first-order chi connectivity index (χ1) is 7.24. The molecule has 1 aromatic carbocycles. The van der Waals surface area contributed by atoms with Gasteiger partial charge >= 0.3 is 0 Å². The first-order valence-corrected chi connectivity index (χ1v) is 5.32. The van der Waals surface area contributed by atoms with Crippen molar-refractivity contribution in [1.82, 2.24) is 0 Å². The summed E-state index contributed by atoms with van der Waals surface area (Å²) in [7, 11) is 1.60. The number of hydrogen-bond donors (Lipinski definition) is 0. The highest BCUT2D eigenvalue weighted by Crippen LogP contribution is 2.34. The van der Waals surface area contributed by atoms with Gasteiger partial charge in [-0.1, -0.05) is 0 Å². The van der Waals surface area contributed by atoms with Crippen molar-refractivity contribution < 1.29 is 9.13 Å². The highest BCUT2D eigenvalue weighted by atomic mass is 19.1. The molecule has 15 heavy (non-hydrogen) atoms. The topological polar surface area (TPSA) is 12.5 Å². The number of halogens is 1. The third-order valence-corrected chi connectivity index (χ3v) is 2.97. The predicted octanol–water partition coefficient (Wildman–Crippen LogP) is 2.74. The molecule has 1 saturated heterocycles. The average molecular weight is 209 g/mol. The van der Waals surface area contributed by atoms with Crippen LogP contribution in [0.25, 0.3) is 0 Å². The zero-order valence-corrected chi connectivity index (χ0v) is 9.22. The Morgan fingerprint density at radius 1 is 1.27 bits per heavy atom. The van der Waals surface area contributed by atoms with E-state index in [0.717, 1.165) is 18.8 Å². The Bertz CT molecular complexity index is 359. The molecule has 1 aromatic rings. The van der Waals surface area contributed by atoms with E-state index in [9.17, 15) is 4.39 Å². The Balaban J connectivity index is 2.41. The van der Waals surface area contributed by atoms with Crippen molar-refractivity contribution in [2.24, 2.45) is 0 Å². The third kappa shape index (κ3) is 1.78. The molecular formula is C12H16FNO. The van der Waals surface area contributed by atoms with Crippen LogP contribution in [0.5, 0.6) is 5.75 Å². The van der Waals surface area contributed by atoms with E-state index in [0.29, 0.717) is 11.3 Å². The molecule has 1 heterocycles. The molecule has 0 bridgehead atoms. The van der Waals surface area contributed by atoms with Gasteiger partial charge in [0.15, 0.2) is 0 Å². The van der Waals surface area contributed by atoms with Crippen LogP contribution in [-0.4, -0.2) is 20.2 Å². The van der Waals surface area contributed by atoms with Gasteiger partial charge in [0.1, 0.15) is 11.6 Å². The van der Waals surface area contributed by atoms with Crippen LogP contribution in [0.1, 0.15) is 18.4 Å². The summed E-state index contributed by atoms with van der Waals surface area (Å²) >= 11 is 0. The van der Waals surface area contributed by atoms with E-state index < -0.39 is 0 Å². The Hall–Kier alpha value is -1.25. The minimum atomic E-state index is -0.199. The molecule has 3 heteroatoms. The number of ether oxygens (including phenoxy) is 1. The standard InChI is InChI=1S/C12H16FNO/c1-9-10(13)5-6-11(12(9)15-2)14-7-3-4-8-14/h5-6H,3-4,7-8H2,1-2H3. The van der Waals surface area contributed by atoms with Crippen LogP contribution in [-0.2, 0) is 0 Å². The van der Waals surface area contributed by atoms with Gasteiger partial charge < -0.3 is 9.64 Å². The number of benzene rings is 1. The summed E-state index contributed by atoms with van der Waals surface area (Å²) in [5.41, 5.74) is 1.62. The molecule has 2 nitrogen and oxygen atoms in total. The van der Waals surface area contributed by atoms with Gasteiger partial charge in [0.05, 0.1) is 12.8 Å². The second-order valence-corrected chi connectivity index (χ2v) is 3.92. The van der Waals surface area contributed by atoms with E-state index in [1.54, 1.807) is 14.0 Å². The summed E-state index contributed by atoms with van der Waals surface area (Å²) < 4.78 is 18.6. The first kappa shape index (κ1) is 10.3. The Kier molecular flexibility index (Phi) is 2.80. The summed E-state index contributed by atoms with van der Waals surface area (Å²) in [6, 6.07) is 3.33. The van der Waals surface area contributed by atoms with E-state index in [1.165, 1.54) is 18.9 Å². The molecule has 0 atom stereocenters. The van der Waals surface area contributed by atoms with E-state index >= 15 is 0 Å². The van der Waals surface area contributed by atoms with Gasteiger partial charge in [0.2, 0.25) is 0 Å². The molecule has 1 fully saturated rings. The Labute approximate surface area is 89.7 Å². The van der Waals surface area contributed by atoms with Crippen LogP contribution in [0, 0.1) is 12.7 Å². The van der Waals surface area contributed by atoms with Crippen molar-refractivity contribution in [2.45, 2.75) is 19.8 Å². The van der Waals surface area contributed by atoms with Crippen LogP contribution in [0.2, 0.25) is 0 Å². The lowest BCUT2D eigenvalue weighted by Gasteiger charge is -2.21. The van der Waals surface area contributed by atoms with Crippen molar-refractivity contribution in [3.05, 3.63) is 23.5 Å². The van der Waals surface area contributed by atoms with Gasteiger partial charge in [-0.3, -0.25) is 0 Å². The lowest BCUT2D eigenvalue weighted by molar-refractivity contribution is 0.407.